The predicted octanol–water partition coefficient (Wildman–Crippen LogP) is 2.43. The molecule has 0 aromatic carbocycles. The highest BCUT2D eigenvalue weighted by atomic mass is 15.1. The molecule has 1 heterocycles. The molecule has 0 aromatic rings. The predicted molar refractivity (Wildman–Crippen MR) is 87.2 cm³/mol. The molecule has 0 radical (unpaired) electrons. The number of hydrogen-bond donors (Lipinski definition) is 1. The Balaban J connectivity index is 1.48. The number of hydrogen-bond acceptors (Lipinski definition) is 3. The molecule has 118 valence electrons. The lowest BCUT2D eigenvalue weighted by atomic mass is 9.89. The summed E-state index contributed by atoms with van der Waals surface area (Å²) < 4.78 is 0. The zero-order chi connectivity index (χ0) is 14.2. The Morgan fingerprint density at radius 1 is 1.00 bits per heavy atom. The molecular weight excluding hydrogens is 246 g/mol. The molecule has 1 aliphatic carbocycles. The number of likely N-dealkylation sites (N-methyl/N-ethyl adjacent to an activating group) is 1. The van der Waals surface area contributed by atoms with Gasteiger partial charge in [-0.2, -0.15) is 0 Å². The van der Waals surface area contributed by atoms with Crippen molar-refractivity contribution in [3.63, 3.8) is 0 Å². The first-order chi connectivity index (χ1) is 9.74. The third-order valence-corrected chi connectivity index (χ3v) is 5.24. The average Bonchev–Trinajstić information content (AvgIpc) is 2.47. The van der Waals surface area contributed by atoms with Crippen molar-refractivity contribution >= 4 is 0 Å². The van der Waals surface area contributed by atoms with Gasteiger partial charge in [0.05, 0.1) is 0 Å². The lowest BCUT2D eigenvalue weighted by molar-refractivity contribution is 0.176. The van der Waals surface area contributed by atoms with Crippen molar-refractivity contribution in [2.45, 2.75) is 44.9 Å². The lowest BCUT2D eigenvalue weighted by Crippen LogP contribution is -2.38. The van der Waals surface area contributed by atoms with E-state index in [1.165, 1.54) is 84.2 Å². The summed E-state index contributed by atoms with van der Waals surface area (Å²) in [5.41, 5.74) is 0. The number of nitrogens with zero attached hydrogens (tertiary/aromatic N) is 2. The van der Waals surface area contributed by atoms with Crippen molar-refractivity contribution in [3.05, 3.63) is 0 Å². The van der Waals surface area contributed by atoms with Crippen LogP contribution in [0.3, 0.4) is 0 Å². The second kappa shape index (κ2) is 9.01. The summed E-state index contributed by atoms with van der Waals surface area (Å²) >= 11 is 0. The van der Waals surface area contributed by atoms with E-state index in [0.717, 1.165) is 11.8 Å². The van der Waals surface area contributed by atoms with Crippen molar-refractivity contribution in [2.75, 3.05) is 53.4 Å². The van der Waals surface area contributed by atoms with Gasteiger partial charge < -0.3 is 15.1 Å². The van der Waals surface area contributed by atoms with Crippen LogP contribution in [0.1, 0.15) is 44.9 Å². The third-order valence-electron chi connectivity index (χ3n) is 5.24. The number of nitrogens with one attached hydrogen (secondary N) is 1. The highest BCUT2D eigenvalue weighted by Crippen LogP contribution is 2.22. The van der Waals surface area contributed by atoms with Gasteiger partial charge in [0, 0.05) is 19.6 Å². The van der Waals surface area contributed by atoms with Crippen LogP contribution in [-0.4, -0.2) is 63.2 Å². The fourth-order valence-corrected chi connectivity index (χ4v) is 3.74. The molecule has 1 saturated heterocycles. The molecule has 0 aromatic heterocycles. The monoisotopic (exact) mass is 281 g/mol. The molecule has 3 heteroatoms. The molecule has 2 rings (SSSR count). The lowest BCUT2D eigenvalue weighted by Gasteiger charge is -2.31. The summed E-state index contributed by atoms with van der Waals surface area (Å²) in [7, 11) is 4.54. The largest absolute Gasteiger partial charge is 0.315 e. The maximum Gasteiger partial charge on any atom is 0.0104 e. The standard InChI is InChI=1S/C17H35N3/c1-19-11-8-17(9-12-19)15-20(2)13-10-18-14-16-6-4-3-5-7-16/h16-18H,3-15H2,1-2H3. The minimum Gasteiger partial charge on any atom is -0.315 e. The number of rotatable bonds is 7. The molecule has 0 bridgehead atoms. The van der Waals surface area contributed by atoms with E-state index in [-0.39, 0.29) is 0 Å². The Kier molecular flexibility index (Phi) is 7.32. The summed E-state index contributed by atoms with van der Waals surface area (Å²) in [6.07, 6.45) is 10.1. The van der Waals surface area contributed by atoms with Crippen LogP contribution in [0, 0.1) is 11.8 Å². The Hall–Kier alpha value is -0.120. The van der Waals surface area contributed by atoms with Crippen LogP contribution >= 0.6 is 0 Å². The van der Waals surface area contributed by atoms with Gasteiger partial charge in [-0.3, -0.25) is 0 Å². The topological polar surface area (TPSA) is 18.5 Å². The Morgan fingerprint density at radius 2 is 1.70 bits per heavy atom. The second-order valence-corrected chi connectivity index (χ2v) is 7.22. The van der Waals surface area contributed by atoms with Crippen LogP contribution in [0.5, 0.6) is 0 Å². The first-order valence-corrected chi connectivity index (χ1v) is 8.82. The van der Waals surface area contributed by atoms with E-state index in [4.69, 9.17) is 0 Å². The van der Waals surface area contributed by atoms with Crippen LogP contribution in [0.2, 0.25) is 0 Å². The molecule has 2 aliphatic rings. The Labute approximate surface area is 126 Å². The maximum atomic E-state index is 3.68. The van der Waals surface area contributed by atoms with E-state index < -0.39 is 0 Å². The quantitative estimate of drug-likeness (QED) is 0.723. The molecule has 0 atom stereocenters. The van der Waals surface area contributed by atoms with E-state index in [1.54, 1.807) is 0 Å². The van der Waals surface area contributed by atoms with E-state index >= 15 is 0 Å². The molecular formula is C17H35N3. The Morgan fingerprint density at radius 3 is 2.40 bits per heavy atom. The highest BCUT2D eigenvalue weighted by molar-refractivity contribution is 4.73. The SMILES string of the molecule is CN1CCC(CN(C)CCNCC2CCCCC2)CC1. The van der Waals surface area contributed by atoms with Crippen molar-refractivity contribution in [2.24, 2.45) is 11.8 Å². The van der Waals surface area contributed by atoms with E-state index in [2.05, 4.69) is 29.2 Å². The van der Waals surface area contributed by atoms with Gasteiger partial charge in [0.25, 0.3) is 0 Å². The summed E-state index contributed by atoms with van der Waals surface area (Å²) in [4.78, 5) is 4.99. The molecule has 0 unspecified atom stereocenters. The fraction of sp³-hybridized carbons (Fsp3) is 1.00. The minimum absolute atomic E-state index is 0.926. The zero-order valence-electron chi connectivity index (χ0n) is 13.7. The van der Waals surface area contributed by atoms with E-state index in [0.29, 0.717) is 0 Å². The van der Waals surface area contributed by atoms with Crippen molar-refractivity contribution in [1.82, 2.24) is 15.1 Å². The average molecular weight is 281 g/mol. The molecule has 1 aliphatic heterocycles. The Bertz CT molecular complexity index is 243. The molecule has 1 N–H and O–H groups in total. The number of piperidine rings is 1. The van der Waals surface area contributed by atoms with Crippen LogP contribution < -0.4 is 5.32 Å². The van der Waals surface area contributed by atoms with Crippen LogP contribution in [0.4, 0.5) is 0 Å². The van der Waals surface area contributed by atoms with Gasteiger partial charge in [-0.05, 0) is 71.2 Å². The highest BCUT2D eigenvalue weighted by Gasteiger charge is 2.18. The van der Waals surface area contributed by atoms with Crippen molar-refractivity contribution in [1.29, 1.82) is 0 Å². The van der Waals surface area contributed by atoms with Gasteiger partial charge in [0.2, 0.25) is 0 Å². The smallest absolute Gasteiger partial charge is 0.0104 e. The molecule has 3 nitrogen and oxygen atoms in total. The van der Waals surface area contributed by atoms with Crippen LogP contribution in [0.15, 0.2) is 0 Å². The van der Waals surface area contributed by atoms with E-state index in [9.17, 15) is 0 Å². The summed E-state index contributed by atoms with van der Waals surface area (Å²) in [5, 5.41) is 3.68. The van der Waals surface area contributed by atoms with Crippen LogP contribution in [0.25, 0.3) is 0 Å². The van der Waals surface area contributed by atoms with Crippen LogP contribution in [-0.2, 0) is 0 Å². The summed E-state index contributed by atoms with van der Waals surface area (Å²) in [5.74, 6) is 1.89. The summed E-state index contributed by atoms with van der Waals surface area (Å²) in [6, 6.07) is 0. The van der Waals surface area contributed by atoms with E-state index in [1.807, 2.05) is 0 Å². The van der Waals surface area contributed by atoms with Gasteiger partial charge in [-0.1, -0.05) is 19.3 Å². The maximum absolute atomic E-state index is 3.68. The van der Waals surface area contributed by atoms with Gasteiger partial charge in [0.1, 0.15) is 0 Å². The molecule has 1 saturated carbocycles. The molecule has 20 heavy (non-hydrogen) atoms. The number of likely N-dealkylation sites (tertiary alicyclic amines) is 1. The van der Waals surface area contributed by atoms with Gasteiger partial charge in [0.15, 0.2) is 0 Å². The van der Waals surface area contributed by atoms with Gasteiger partial charge in [-0.25, -0.2) is 0 Å². The van der Waals surface area contributed by atoms with Gasteiger partial charge in [-0.15, -0.1) is 0 Å². The van der Waals surface area contributed by atoms with Gasteiger partial charge >= 0.3 is 0 Å². The molecule has 0 spiro atoms. The van der Waals surface area contributed by atoms with Crippen molar-refractivity contribution < 1.29 is 0 Å². The molecule has 0 amide bonds. The first-order valence-electron chi connectivity index (χ1n) is 8.82. The molecule has 2 fully saturated rings. The van der Waals surface area contributed by atoms with Crippen molar-refractivity contribution in [3.8, 4) is 0 Å². The fourth-order valence-electron chi connectivity index (χ4n) is 3.74. The zero-order valence-corrected chi connectivity index (χ0v) is 13.7. The minimum atomic E-state index is 0.926. The normalized spacial score (nSPS) is 23.6. The first kappa shape index (κ1) is 16.3. The third kappa shape index (κ3) is 6.11. The second-order valence-electron chi connectivity index (χ2n) is 7.22. The summed E-state index contributed by atoms with van der Waals surface area (Å²) in [6.45, 7) is 7.50.